The highest BCUT2D eigenvalue weighted by Gasteiger charge is 2.08. The van der Waals surface area contributed by atoms with Gasteiger partial charge in [0.2, 0.25) is 5.01 Å². The molecule has 1 aromatic heterocycles. The number of carbonyl (C=O) groups is 1. The van der Waals surface area contributed by atoms with Crippen LogP contribution < -0.4 is 5.32 Å². The van der Waals surface area contributed by atoms with E-state index >= 15 is 0 Å². The first kappa shape index (κ1) is 13.1. The SMILES string of the molecule is CCN(C)CCNCc1csc(C(=O)O)n1. The van der Waals surface area contributed by atoms with Crippen LogP contribution in [-0.2, 0) is 6.54 Å². The predicted molar refractivity (Wildman–Crippen MR) is 64.0 cm³/mol. The number of likely N-dealkylation sites (N-methyl/N-ethyl adjacent to an activating group) is 1. The van der Waals surface area contributed by atoms with Crippen LogP contribution in [0.3, 0.4) is 0 Å². The van der Waals surface area contributed by atoms with Crippen LogP contribution in [0.2, 0.25) is 0 Å². The minimum Gasteiger partial charge on any atom is -0.476 e. The molecule has 6 heteroatoms. The number of hydrogen-bond donors (Lipinski definition) is 2. The van der Waals surface area contributed by atoms with Crippen molar-refractivity contribution in [1.82, 2.24) is 15.2 Å². The lowest BCUT2D eigenvalue weighted by Gasteiger charge is -2.13. The van der Waals surface area contributed by atoms with Gasteiger partial charge in [-0.15, -0.1) is 11.3 Å². The lowest BCUT2D eigenvalue weighted by molar-refractivity contribution is 0.0696. The van der Waals surface area contributed by atoms with Crippen LogP contribution in [0, 0.1) is 0 Å². The highest BCUT2D eigenvalue weighted by atomic mass is 32.1. The van der Waals surface area contributed by atoms with Crippen molar-refractivity contribution >= 4 is 17.3 Å². The molecule has 0 saturated carbocycles. The van der Waals surface area contributed by atoms with Gasteiger partial charge in [0, 0.05) is 25.0 Å². The zero-order chi connectivity index (χ0) is 12.0. The molecule has 0 aromatic carbocycles. The fourth-order valence-electron chi connectivity index (χ4n) is 1.13. The summed E-state index contributed by atoms with van der Waals surface area (Å²) >= 11 is 1.17. The van der Waals surface area contributed by atoms with Gasteiger partial charge in [0.15, 0.2) is 0 Å². The van der Waals surface area contributed by atoms with Crippen molar-refractivity contribution in [2.75, 3.05) is 26.7 Å². The van der Waals surface area contributed by atoms with Gasteiger partial charge in [-0.1, -0.05) is 6.92 Å². The number of nitrogens with zero attached hydrogens (tertiary/aromatic N) is 2. The Morgan fingerprint density at radius 3 is 3.00 bits per heavy atom. The van der Waals surface area contributed by atoms with Crippen molar-refractivity contribution in [1.29, 1.82) is 0 Å². The van der Waals surface area contributed by atoms with E-state index in [2.05, 4.69) is 29.2 Å². The fraction of sp³-hybridized carbons (Fsp3) is 0.600. The number of rotatable bonds is 7. The smallest absolute Gasteiger partial charge is 0.365 e. The van der Waals surface area contributed by atoms with Crippen LogP contribution in [0.1, 0.15) is 22.4 Å². The predicted octanol–water partition coefficient (Wildman–Crippen LogP) is 0.883. The molecule has 1 aromatic rings. The molecule has 0 aliphatic rings. The minimum atomic E-state index is -0.957. The van der Waals surface area contributed by atoms with Crippen LogP contribution in [0.4, 0.5) is 0 Å². The first-order chi connectivity index (χ1) is 7.63. The Labute approximate surface area is 99.1 Å². The molecular weight excluding hydrogens is 226 g/mol. The molecular formula is C10H17N3O2S. The average molecular weight is 243 g/mol. The maximum Gasteiger partial charge on any atom is 0.365 e. The number of nitrogens with one attached hydrogen (secondary N) is 1. The molecule has 1 rings (SSSR count). The molecule has 0 atom stereocenters. The van der Waals surface area contributed by atoms with Crippen LogP contribution in [0.25, 0.3) is 0 Å². The van der Waals surface area contributed by atoms with E-state index in [-0.39, 0.29) is 5.01 Å². The van der Waals surface area contributed by atoms with Crippen LogP contribution in [0.15, 0.2) is 5.38 Å². The van der Waals surface area contributed by atoms with Gasteiger partial charge >= 0.3 is 5.97 Å². The van der Waals surface area contributed by atoms with Gasteiger partial charge in [-0.2, -0.15) is 0 Å². The van der Waals surface area contributed by atoms with Crippen LogP contribution >= 0.6 is 11.3 Å². The molecule has 1 heterocycles. The Bertz CT molecular complexity index is 341. The van der Waals surface area contributed by atoms with Gasteiger partial charge in [-0.05, 0) is 13.6 Å². The lowest BCUT2D eigenvalue weighted by Crippen LogP contribution is -2.28. The molecule has 2 N–H and O–H groups in total. The Balaban J connectivity index is 2.24. The molecule has 0 radical (unpaired) electrons. The minimum absolute atomic E-state index is 0.155. The molecule has 0 aliphatic heterocycles. The van der Waals surface area contributed by atoms with E-state index in [0.717, 1.165) is 25.3 Å². The zero-order valence-corrected chi connectivity index (χ0v) is 10.4. The third kappa shape index (κ3) is 4.26. The number of hydrogen-bond acceptors (Lipinski definition) is 5. The second-order valence-corrected chi connectivity index (χ2v) is 4.38. The van der Waals surface area contributed by atoms with E-state index in [9.17, 15) is 4.79 Å². The Hall–Kier alpha value is -0.980. The normalized spacial score (nSPS) is 10.9. The highest BCUT2D eigenvalue weighted by Crippen LogP contribution is 2.08. The van der Waals surface area contributed by atoms with Gasteiger partial charge in [0.1, 0.15) is 0 Å². The molecule has 0 unspecified atom stereocenters. The first-order valence-corrected chi connectivity index (χ1v) is 6.08. The average Bonchev–Trinajstić information content (AvgIpc) is 2.72. The number of aromatic carboxylic acids is 1. The van der Waals surface area contributed by atoms with Crippen LogP contribution in [0.5, 0.6) is 0 Å². The Kier molecular flexibility index (Phi) is 5.37. The van der Waals surface area contributed by atoms with E-state index in [4.69, 9.17) is 5.11 Å². The fourth-order valence-corrected chi connectivity index (χ4v) is 1.79. The molecule has 0 amide bonds. The number of carboxylic acids is 1. The topological polar surface area (TPSA) is 65.5 Å². The summed E-state index contributed by atoms with van der Waals surface area (Å²) in [5.74, 6) is -0.957. The third-order valence-electron chi connectivity index (χ3n) is 2.25. The monoisotopic (exact) mass is 243 g/mol. The summed E-state index contributed by atoms with van der Waals surface area (Å²) in [6.07, 6.45) is 0. The lowest BCUT2D eigenvalue weighted by atomic mass is 10.4. The van der Waals surface area contributed by atoms with Gasteiger partial charge < -0.3 is 15.3 Å². The Morgan fingerprint density at radius 1 is 1.69 bits per heavy atom. The third-order valence-corrected chi connectivity index (χ3v) is 3.13. The number of aromatic nitrogens is 1. The molecule has 0 spiro atoms. The summed E-state index contributed by atoms with van der Waals surface area (Å²) in [6.45, 7) is 5.62. The summed E-state index contributed by atoms with van der Waals surface area (Å²) < 4.78 is 0. The van der Waals surface area contributed by atoms with E-state index in [1.165, 1.54) is 11.3 Å². The van der Waals surface area contributed by atoms with Crippen molar-refractivity contribution in [2.24, 2.45) is 0 Å². The molecule has 5 nitrogen and oxygen atoms in total. The van der Waals surface area contributed by atoms with E-state index in [0.29, 0.717) is 6.54 Å². The molecule has 0 fully saturated rings. The molecule has 16 heavy (non-hydrogen) atoms. The van der Waals surface area contributed by atoms with E-state index < -0.39 is 5.97 Å². The zero-order valence-electron chi connectivity index (χ0n) is 9.56. The van der Waals surface area contributed by atoms with Crippen molar-refractivity contribution in [3.63, 3.8) is 0 Å². The van der Waals surface area contributed by atoms with Gasteiger partial charge in [0.25, 0.3) is 0 Å². The summed E-state index contributed by atoms with van der Waals surface area (Å²) in [5.41, 5.74) is 0.793. The number of thiazole rings is 1. The van der Waals surface area contributed by atoms with Gasteiger partial charge in [-0.3, -0.25) is 0 Å². The van der Waals surface area contributed by atoms with Crippen molar-refractivity contribution in [3.8, 4) is 0 Å². The first-order valence-electron chi connectivity index (χ1n) is 5.20. The molecule has 90 valence electrons. The largest absolute Gasteiger partial charge is 0.476 e. The second-order valence-electron chi connectivity index (χ2n) is 3.52. The second kappa shape index (κ2) is 6.57. The highest BCUT2D eigenvalue weighted by molar-refractivity contribution is 7.11. The maximum absolute atomic E-state index is 10.6. The number of carboxylic acid groups (broad SMARTS) is 1. The summed E-state index contributed by atoms with van der Waals surface area (Å²) in [4.78, 5) is 16.8. The van der Waals surface area contributed by atoms with Gasteiger partial charge in [0.05, 0.1) is 5.69 Å². The van der Waals surface area contributed by atoms with E-state index in [1.54, 1.807) is 5.38 Å². The summed E-state index contributed by atoms with van der Waals surface area (Å²) in [5, 5.41) is 13.9. The summed E-state index contributed by atoms with van der Waals surface area (Å²) in [7, 11) is 2.06. The van der Waals surface area contributed by atoms with Gasteiger partial charge in [-0.25, -0.2) is 9.78 Å². The van der Waals surface area contributed by atoms with Crippen LogP contribution in [-0.4, -0.2) is 47.6 Å². The standard InChI is InChI=1S/C10H17N3O2S/c1-3-13(2)5-4-11-6-8-7-16-9(12-8)10(14)15/h7,11H,3-6H2,1-2H3,(H,14,15). The maximum atomic E-state index is 10.6. The van der Waals surface area contributed by atoms with Crippen molar-refractivity contribution < 1.29 is 9.90 Å². The molecule has 0 bridgehead atoms. The van der Waals surface area contributed by atoms with Crippen molar-refractivity contribution in [3.05, 3.63) is 16.1 Å². The quantitative estimate of drug-likeness (QED) is 0.696. The Morgan fingerprint density at radius 2 is 2.44 bits per heavy atom. The molecule has 0 aliphatic carbocycles. The molecule has 0 saturated heterocycles. The van der Waals surface area contributed by atoms with E-state index in [1.807, 2.05) is 0 Å². The summed E-state index contributed by atoms with van der Waals surface area (Å²) in [6, 6.07) is 0. The van der Waals surface area contributed by atoms with Crippen molar-refractivity contribution in [2.45, 2.75) is 13.5 Å².